The van der Waals surface area contributed by atoms with Crippen molar-refractivity contribution >= 4 is 17.4 Å². The van der Waals surface area contributed by atoms with Gasteiger partial charge in [0.2, 0.25) is 0 Å². The maximum atomic E-state index is 6.08. The van der Waals surface area contributed by atoms with E-state index >= 15 is 0 Å². The van der Waals surface area contributed by atoms with Crippen LogP contribution in [-0.4, -0.2) is 38.6 Å². The molecule has 0 bridgehead atoms. The lowest BCUT2D eigenvalue weighted by Crippen LogP contribution is -2.32. The number of ether oxygens (including phenoxy) is 1. The monoisotopic (exact) mass is 354 g/mol. The lowest BCUT2D eigenvalue weighted by Gasteiger charge is -2.29. The quantitative estimate of drug-likeness (QED) is 0.669. The average Bonchev–Trinajstić information content (AvgIpc) is 2.67. The molecule has 0 N–H and O–H groups in total. The van der Waals surface area contributed by atoms with Crippen LogP contribution in [0.15, 0.2) is 36.8 Å². The van der Waals surface area contributed by atoms with E-state index in [1.807, 2.05) is 12.3 Å². The van der Waals surface area contributed by atoms with Gasteiger partial charge >= 0.3 is 0 Å². The van der Waals surface area contributed by atoms with Gasteiger partial charge in [-0.25, -0.2) is 24.9 Å². The third kappa shape index (κ3) is 3.23. The van der Waals surface area contributed by atoms with Crippen molar-refractivity contribution in [1.82, 2.24) is 24.9 Å². The lowest BCUT2D eigenvalue weighted by molar-refractivity contribution is 0.414. The number of rotatable bonds is 3. The molecule has 0 aromatic carbocycles. The number of nitrogens with zero attached hydrogens (tertiary/aromatic N) is 6. The molecule has 0 unspecified atom stereocenters. The number of halogens is 1. The van der Waals surface area contributed by atoms with Gasteiger partial charge in [0.15, 0.2) is 11.6 Å². The first-order valence-corrected chi connectivity index (χ1v) is 8.19. The number of anilines is 1. The van der Waals surface area contributed by atoms with Gasteiger partial charge in [-0.15, -0.1) is 0 Å². The van der Waals surface area contributed by atoms with Crippen molar-refractivity contribution in [2.45, 2.75) is 13.0 Å². The first-order valence-electron chi connectivity index (χ1n) is 7.81. The number of methoxy groups -OCH3 is 1. The van der Waals surface area contributed by atoms with Gasteiger partial charge in [-0.3, -0.25) is 0 Å². The summed E-state index contributed by atoms with van der Waals surface area (Å²) < 4.78 is 5.27. The summed E-state index contributed by atoms with van der Waals surface area (Å²) in [6.45, 7) is 1.46. The molecule has 0 atom stereocenters. The van der Waals surface area contributed by atoms with Crippen LogP contribution in [0.5, 0.6) is 5.75 Å². The Kier molecular flexibility index (Phi) is 4.15. The summed E-state index contributed by atoms with van der Waals surface area (Å²) in [7, 11) is 1.61. The summed E-state index contributed by atoms with van der Waals surface area (Å²) in [5.74, 6) is 2.56. The summed E-state index contributed by atoms with van der Waals surface area (Å²) in [4.78, 5) is 24.0. The number of aromatic nitrogens is 5. The number of hydrogen-bond acceptors (Lipinski definition) is 7. The molecule has 8 heteroatoms. The van der Waals surface area contributed by atoms with Crippen molar-refractivity contribution in [2.24, 2.45) is 0 Å². The zero-order chi connectivity index (χ0) is 17.2. The minimum atomic E-state index is 0.410. The van der Waals surface area contributed by atoms with Crippen LogP contribution in [0.1, 0.15) is 11.3 Å². The van der Waals surface area contributed by atoms with E-state index in [-0.39, 0.29) is 0 Å². The molecular formula is C17H15ClN6O. The van der Waals surface area contributed by atoms with Crippen molar-refractivity contribution in [2.75, 3.05) is 18.6 Å². The Bertz CT molecular complexity index is 905. The molecule has 126 valence electrons. The van der Waals surface area contributed by atoms with Crippen LogP contribution in [0.25, 0.3) is 11.6 Å². The smallest absolute Gasteiger partial charge is 0.197 e. The Morgan fingerprint density at radius 1 is 1.08 bits per heavy atom. The molecule has 0 radical (unpaired) electrons. The molecule has 0 saturated heterocycles. The highest BCUT2D eigenvalue weighted by Gasteiger charge is 2.21. The topological polar surface area (TPSA) is 76.9 Å². The first kappa shape index (κ1) is 15.7. The highest BCUT2D eigenvalue weighted by Crippen LogP contribution is 2.27. The van der Waals surface area contributed by atoms with Crippen LogP contribution in [-0.2, 0) is 13.0 Å². The Labute approximate surface area is 149 Å². The average molecular weight is 355 g/mol. The van der Waals surface area contributed by atoms with Crippen LogP contribution in [0.2, 0.25) is 5.15 Å². The van der Waals surface area contributed by atoms with E-state index in [2.05, 4.69) is 29.8 Å². The second-order valence-corrected chi connectivity index (χ2v) is 5.98. The van der Waals surface area contributed by atoms with Crippen molar-refractivity contribution in [3.05, 3.63) is 53.2 Å². The van der Waals surface area contributed by atoms with Crippen LogP contribution in [0.4, 0.5) is 5.82 Å². The number of pyridine rings is 1. The van der Waals surface area contributed by atoms with E-state index in [4.69, 9.17) is 16.3 Å². The van der Waals surface area contributed by atoms with Crippen molar-refractivity contribution in [3.8, 4) is 17.4 Å². The fraction of sp³-hybridized carbons (Fsp3) is 0.235. The predicted molar refractivity (Wildman–Crippen MR) is 93.6 cm³/mol. The maximum absolute atomic E-state index is 6.08. The zero-order valence-electron chi connectivity index (χ0n) is 13.6. The van der Waals surface area contributed by atoms with Crippen molar-refractivity contribution in [1.29, 1.82) is 0 Å². The molecule has 0 saturated carbocycles. The van der Waals surface area contributed by atoms with Gasteiger partial charge in [0.25, 0.3) is 0 Å². The van der Waals surface area contributed by atoms with E-state index in [1.54, 1.807) is 31.6 Å². The van der Waals surface area contributed by atoms with E-state index in [0.29, 0.717) is 29.1 Å². The van der Waals surface area contributed by atoms with Crippen molar-refractivity contribution in [3.63, 3.8) is 0 Å². The maximum Gasteiger partial charge on any atom is 0.197 e. The minimum absolute atomic E-state index is 0.410. The van der Waals surface area contributed by atoms with Crippen LogP contribution >= 0.6 is 11.6 Å². The normalized spacial score (nSPS) is 13.4. The highest BCUT2D eigenvalue weighted by atomic mass is 35.5. The highest BCUT2D eigenvalue weighted by molar-refractivity contribution is 6.29. The standard InChI is InChI=1S/C17H15ClN6O/c1-25-12-7-14(18)23-15(8-12)24-6-3-13-11(10-24)9-21-17(22-13)16-19-4-2-5-20-16/h2,4-5,7-9H,3,6,10H2,1H3. The Morgan fingerprint density at radius 2 is 1.92 bits per heavy atom. The Balaban J connectivity index is 1.61. The minimum Gasteiger partial charge on any atom is -0.497 e. The van der Waals surface area contributed by atoms with Gasteiger partial charge in [0.05, 0.1) is 12.8 Å². The molecular weight excluding hydrogens is 340 g/mol. The van der Waals surface area contributed by atoms with E-state index < -0.39 is 0 Å². The second-order valence-electron chi connectivity index (χ2n) is 5.60. The summed E-state index contributed by atoms with van der Waals surface area (Å²) in [6, 6.07) is 5.34. The van der Waals surface area contributed by atoms with Crippen LogP contribution in [0, 0.1) is 0 Å². The van der Waals surface area contributed by atoms with Crippen molar-refractivity contribution < 1.29 is 4.74 Å². The molecule has 3 aromatic heterocycles. The summed E-state index contributed by atoms with van der Waals surface area (Å²) in [5, 5.41) is 0.410. The largest absolute Gasteiger partial charge is 0.497 e. The fourth-order valence-electron chi connectivity index (χ4n) is 2.77. The summed E-state index contributed by atoms with van der Waals surface area (Å²) >= 11 is 6.08. The zero-order valence-corrected chi connectivity index (χ0v) is 14.3. The van der Waals surface area contributed by atoms with Crippen LogP contribution in [0.3, 0.4) is 0 Å². The van der Waals surface area contributed by atoms with Crippen LogP contribution < -0.4 is 9.64 Å². The molecule has 25 heavy (non-hydrogen) atoms. The van der Waals surface area contributed by atoms with E-state index in [9.17, 15) is 0 Å². The number of hydrogen-bond donors (Lipinski definition) is 0. The first-order chi connectivity index (χ1) is 12.2. The molecule has 0 amide bonds. The second kappa shape index (κ2) is 6.60. The van der Waals surface area contributed by atoms with Gasteiger partial charge in [-0.1, -0.05) is 11.6 Å². The molecule has 3 aromatic rings. The van der Waals surface area contributed by atoms with E-state index in [1.165, 1.54) is 0 Å². The van der Waals surface area contributed by atoms with E-state index in [0.717, 1.165) is 30.0 Å². The summed E-state index contributed by atoms with van der Waals surface area (Å²) in [5.41, 5.74) is 2.08. The molecule has 4 heterocycles. The molecule has 1 aliphatic rings. The number of fused-ring (bicyclic) bond motifs is 1. The van der Waals surface area contributed by atoms with Gasteiger partial charge in [0.1, 0.15) is 16.7 Å². The SMILES string of the molecule is COc1cc(Cl)nc(N2CCc3nc(-c4ncccn4)ncc3C2)c1. The summed E-state index contributed by atoms with van der Waals surface area (Å²) in [6.07, 6.45) is 5.99. The van der Waals surface area contributed by atoms with Gasteiger partial charge in [-0.05, 0) is 6.07 Å². The van der Waals surface area contributed by atoms with Gasteiger partial charge in [-0.2, -0.15) is 0 Å². The molecule has 7 nitrogen and oxygen atoms in total. The Hall–Kier alpha value is -2.80. The molecule has 4 rings (SSSR count). The fourth-order valence-corrected chi connectivity index (χ4v) is 2.97. The molecule has 0 spiro atoms. The molecule has 1 aliphatic heterocycles. The predicted octanol–water partition coefficient (Wildman–Crippen LogP) is 2.55. The van der Waals surface area contributed by atoms with Gasteiger partial charge in [0, 0.05) is 55.8 Å². The third-order valence-electron chi connectivity index (χ3n) is 4.01. The molecule has 0 aliphatic carbocycles. The van der Waals surface area contributed by atoms with Gasteiger partial charge < -0.3 is 9.64 Å². The lowest BCUT2D eigenvalue weighted by atomic mass is 10.1. The molecule has 0 fully saturated rings. The Morgan fingerprint density at radius 3 is 2.72 bits per heavy atom. The third-order valence-corrected chi connectivity index (χ3v) is 4.21.